The number of carbonyl (C=O) groups is 1. The number of aliphatic hydroxyl groups excluding tert-OH is 1. The number of hydrogen-bond acceptors (Lipinski definition) is 4. The molecule has 0 fully saturated rings. The number of rotatable bonds is 7. The molecule has 23 heavy (non-hydrogen) atoms. The third-order valence-corrected chi connectivity index (χ3v) is 5.34. The van der Waals surface area contributed by atoms with E-state index in [0.29, 0.717) is 6.54 Å². The molecule has 0 aliphatic rings. The van der Waals surface area contributed by atoms with Crippen molar-refractivity contribution in [3.8, 4) is 0 Å². The van der Waals surface area contributed by atoms with E-state index >= 15 is 0 Å². The Morgan fingerprint density at radius 1 is 1.30 bits per heavy atom. The van der Waals surface area contributed by atoms with E-state index in [2.05, 4.69) is 38.2 Å². The highest BCUT2D eigenvalue weighted by Crippen LogP contribution is 2.33. The van der Waals surface area contributed by atoms with Crippen LogP contribution in [0.15, 0.2) is 12.1 Å². The topological polar surface area (TPSA) is 58.6 Å². The lowest BCUT2D eigenvalue weighted by atomic mass is 9.74. The van der Waals surface area contributed by atoms with E-state index in [-0.39, 0.29) is 17.9 Å². The summed E-state index contributed by atoms with van der Waals surface area (Å²) in [6, 6.07) is 4.27. The number of thiophene rings is 1. The smallest absolute Gasteiger partial charge is 0.407 e. The van der Waals surface area contributed by atoms with E-state index < -0.39 is 11.7 Å². The van der Waals surface area contributed by atoms with Crippen molar-refractivity contribution in [2.24, 2.45) is 11.3 Å². The molecule has 1 unspecified atom stereocenters. The van der Waals surface area contributed by atoms with Crippen LogP contribution in [0.2, 0.25) is 0 Å². The first kappa shape index (κ1) is 20.0. The first-order valence-corrected chi connectivity index (χ1v) is 9.09. The van der Waals surface area contributed by atoms with E-state index in [1.54, 1.807) is 11.3 Å². The van der Waals surface area contributed by atoms with Crippen molar-refractivity contribution in [2.45, 2.75) is 60.0 Å². The summed E-state index contributed by atoms with van der Waals surface area (Å²) in [5.41, 5.74) is -0.902. The molecule has 0 aromatic carbocycles. The van der Waals surface area contributed by atoms with E-state index in [1.165, 1.54) is 9.75 Å². The lowest BCUT2D eigenvalue weighted by Crippen LogP contribution is -2.46. The van der Waals surface area contributed by atoms with Gasteiger partial charge in [-0.3, -0.25) is 0 Å². The van der Waals surface area contributed by atoms with Gasteiger partial charge in [-0.05, 0) is 51.7 Å². The van der Waals surface area contributed by atoms with Crippen molar-refractivity contribution in [3.63, 3.8) is 0 Å². The molecule has 1 atom stereocenters. The molecule has 0 aliphatic heterocycles. The van der Waals surface area contributed by atoms with Crippen molar-refractivity contribution in [1.82, 2.24) is 5.32 Å². The van der Waals surface area contributed by atoms with Gasteiger partial charge in [-0.25, -0.2) is 4.79 Å². The zero-order chi connectivity index (χ0) is 17.7. The minimum atomic E-state index is -0.520. The maximum absolute atomic E-state index is 11.9. The van der Waals surface area contributed by atoms with Crippen molar-refractivity contribution in [3.05, 3.63) is 21.9 Å². The highest BCUT2D eigenvalue weighted by Gasteiger charge is 2.35. The van der Waals surface area contributed by atoms with Gasteiger partial charge in [0.1, 0.15) is 5.60 Å². The van der Waals surface area contributed by atoms with E-state index in [9.17, 15) is 9.90 Å². The standard InChI is InChI=1S/C18H31NO3S/c1-7-14-8-9-15(23-14)10-18(12-20,13(2)3)11-19-16(21)22-17(4,5)6/h8-9,13,20H,7,10-12H2,1-6H3,(H,19,21). The van der Waals surface area contributed by atoms with Gasteiger partial charge in [0.2, 0.25) is 0 Å². The molecule has 5 heteroatoms. The quantitative estimate of drug-likeness (QED) is 0.788. The fraction of sp³-hybridized carbons (Fsp3) is 0.722. The molecule has 0 saturated carbocycles. The average molecular weight is 342 g/mol. The molecule has 1 aromatic rings. The summed E-state index contributed by atoms with van der Waals surface area (Å²) in [5.74, 6) is 0.231. The molecule has 4 nitrogen and oxygen atoms in total. The van der Waals surface area contributed by atoms with E-state index in [1.807, 2.05) is 20.8 Å². The lowest BCUT2D eigenvalue weighted by Gasteiger charge is -2.36. The van der Waals surface area contributed by atoms with Crippen LogP contribution in [0, 0.1) is 11.3 Å². The maximum atomic E-state index is 11.9. The lowest BCUT2D eigenvalue weighted by molar-refractivity contribution is 0.0396. The van der Waals surface area contributed by atoms with Gasteiger partial charge < -0.3 is 15.2 Å². The van der Waals surface area contributed by atoms with Gasteiger partial charge in [-0.2, -0.15) is 0 Å². The van der Waals surface area contributed by atoms with Gasteiger partial charge in [0.05, 0.1) is 6.61 Å². The van der Waals surface area contributed by atoms with Crippen LogP contribution < -0.4 is 5.32 Å². The van der Waals surface area contributed by atoms with Crippen LogP contribution in [0.3, 0.4) is 0 Å². The summed E-state index contributed by atoms with van der Waals surface area (Å²) in [5, 5.41) is 12.9. The predicted octanol–water partition coefficient (Wildman–Crippen LogP) is 4.01. The van der Waals surface area contributed by atoms with Crippen LogP contribution in [0.1, 0.15) is 51.3 Å². The number of amides is 1. The second-order valence-electron chi connectivity index (χ2n) is 7.43. The van der Waals surface area contributed by atoms with Crippen LogP contribution in [0.4, 0.5) is 4.79 Å². The molecule has 1 heterocycles. The normalized spacial score (nSPS) is 14.6. The number of carbonyl (C=O) groups excluding carboxylic acids is 1. The SMILES string of the molecule is CCc1ccc(CC(CO)(CNC(=O)OC(C)(C)C)C(C)C)s1. The van der Waals surface area contributed by atoms with Crippen molar-refractivity contribution in [2.75, 3.05) is 13.2 Å². The molecular weight excluding hydrogens is 310 g/mol. The van der Waals surface area contributed by atoms with Gasteiger partial charge in [0.15, 0.2) is 0 Å². The van der Waals surface area contributed by atoms with Gasteiger partial charge in [0, 0.05) is 21.7 Å². The molecule has 0 spiro atoms. The Morgan fingerprint density at radius 3 is 2.35 bits per heavy atom. The fourth-order valence-electron chi connectivity index (χ4n) is 2.38. The predicted molar refractivity (Wildman–Crippen MR) is 96.0 cm³/mol. The molecular formula is C18H31NO3S. The third-order valence-electron chi connectivity index (χ3n) is 4.12. The van der Waals surface area contributed by atoms with Gasteiger partial charge in [-0.1, -0.05) is 20.8 Å². The molecule has 0 bridgehead atoms. The van der Waals surface area contributed by atoms with E-state index in [0.717, 1.165) is 12.8 Å². The van der Waals surface area contributed by atoms with Crippen LogP contribution in [-0.4, -0.2) is 30.0 Å². The monoisotopic (exact) mass is 341 g/mol. The minimum absolute atomic E-state index is 0.0276. The minimum Gasteiger partial charge on any atom is -0.444 e. The summed E-state index contributed by atoms with van der Waals surface area (Å²) in [6.07, 6.45) is 1.34. The molecule has 0 aliphatic carbocycles. The Kier molecular flexibility index (Phi) is 7.08. The van der Waals surface area contributed by atoms with Crippen molar-refractivity contribution >= 4 is 17.4 Å². The highest BCUT2D eigenvalue weighted by atomic mass is 32.1. The second kappa shape index (κ2) is 8.15. The van der Waals surface area contributed by atoms with Crippen molar-refractivity contribution < 1.29 is 14.6 Å². The highest BCUT2D eigenvalue weighted by molar-refractivity contribution is 7.11. The number of ether oxygens (including phenoxy) is 1. The summed E-state index contributed by atoms with van der Waals surface area (Å²) in [7, 11) is 0. The van der Waals surface area contributed by atoms with Crippen molar-refractivity contribution in [1.29, 1.82) is 0 Å². The summed E-state index contributed by atoms with van der Waals surface area (Å²) >= 11 is 1.78. The average Bonchev–Trinajstić information content (AvgIpc) is 2.88. The number of alkyl carbamates (subject to hydrolysis) is 1. The van der Waals surface area contributed by atoms with Gasteiger partial charge >= 0.3 is 6.09 Å². The summed E-state index contributed by atoms with van der Waals surface area (Å²) < 4.78 is 5.30. The Morgan fingerprint density at radius 2 is 1.91 bits per heavy atom. The van der Waals surface area contributed by atoms with Gasteiger partial charge in [-0.15, -0.1) is 11.3 Å². The molecule has 1 amide bonds. The zero-order valence-electron chi connectivity index (χ0n) is 15.2. The first-order chi connectivity index (χ1) is 10.6. The Labute approximate surface area is 144 Å². The first-order valence-electron chi connectivity index (χ1n) is 8.27. The Bertz CT molecular complexity index is 505. The Balaban J connectivity index is 2.79. The zero-order valence-corrected chi connectivity index (χ0v) is 16.0. The Hall–Kier alpha value is -1.07. The number of aryl methyl sites for hydroxylation is 1. The van der Waals surface area contributed by atoms with E-state index in [4.69, 9.17) is 4.74 Å². The van der Waals surface area contributed by atoms with Crippen LogP contribution in [-0.2, 0) is 17.6 Å². The second-order valence-corrected chi connectivity index (χ2v) is 8.68. The molecule has 0 saturated heterocycles. The number of hydrogen-bond donors (Lipinski definition) is 2. The molecule has 1 aromatic heterocycles. The van der Waals surface area contributed by atoms with Crippen LogP contribution in [0.5, 0.6) is 0 Å². The maximum Gasteiger partial charge on any atom is 0.407 e. The molecule has 132 valence electrons. The van der Waals surface area contributed by atoms with Crippen LogP contribution in [0.25, 0.3) is 0 Å². The summed E-state index contributed by atoms with van der Waals surface area (Å²) in [6.45, 7) is 12.3. The number of aliphatic hydroxyl groups is 1. The molecule has 0 radical (unpaired) electrons. The third kappa shape index (κ3) is 6.15. The largest absolute Gasteiger partial charge is 0.444 e. The summed E-state index contributed by atoms with van der Waals surface area (Å²) in [4.78, 5) is 14.5. The van der Waals surface area contributed by atoms with Gasteiger partial charge in [0.25, 0.3) is 0 Å². The molecule has 1 rings (SSSR count). The van der Waals surface area contributed by atoms with Crippen LogP contribution >= 0.6 is 11.3 Å². The molecule has 2 N–H and O–H groups in total. The number of nitrogens with one attached hydrogen (secondary N) is 1. The fourth-order valence-corrected chi connectivity index (χ4v) is 3.49.